The topological polar surface area (TPSA) is 85.3 Å². The molecule has 7 nitrogen and oxygen atoms in total. The number of aliphatic hydroxyl groups excluding tert-OH is 1. The van der Waals surface area contributed by atoms with Gasteiger partial charge in [0.05, 0.1) is 32.4 Å². The van der Waals surface area contributed by atoms with Gasteiger partial charge in [-0.15, -0.1) is 0 Å². The van der Waals surface area contributed by atoms with Crippen LogP contribution in [0.2, 0.25) is 0 Å². The van der Waals surface area contributed by atoms with E-state index in [1.807, 2.05) is 20.8 Å². The van der Waals surface area contributed by atoms with E-state index in [0.717, 1.165) is 12.8 Å². The highest BCUT2D eigenvalue weighted by Crippen LogP contribution is 2.42. The third-order valence-electron chi connectivity index (χ3n) is 5.71. The van der Waals surface area contributed by atoms with Gasteiger partial charge in [-0.25, -0.2) is 0 Å². The van der Waals surface area contributed by atoms with E-state index in [-0.39, 0.29) is 11.3 Å². The van der Waals surface area contributed by atoms with Gasteiger partial charge in [0.1, 0.15) is 11.5 Å². The molecule has 0 spiro atoms. The van der Waals surface area contributed by atoms with Crippen molar-refractivity contribution < 1.29 is 28.9 Å². The Morgan fingerprint density at radius 1 is 1.06 bits per heavy atom. The van der Waals surface area contributed by atoms with Crippen LogP contribution in [-0.4, -0.2) is 49.1 Å². The van der Waals surface area contributed by atoms with E-state index >= 15 is 0 Å². The molecule has 1 fully saturated rings. The van der Waals surface area contributed by atoms with Crippen LogP contribution in [0.25, 0.3) is 5.76 Å². The van der Waals surface area contributed by atoms with Crippen molar-refractivity contribution in [1.29, 1.82) is 0 Å². The van der Waals surface area contributed by atoms with E-state index in [1.165, 1.54) is 12.0 Å². The number of hydrogen-bond donors (Lipinski definition) is 1. The van der Waals surface area contributed by atoms with Gasteiger partial charge >= 0.3 is 0 Å². The van der Waals surface area contributed by atoms with Gasteiger partial charge in [0.25, 0.3) is 11.7 Å². The molecule has 1 unspecified atom stereocenters. The first-order valence-electron chi connectivity index (χ1n) is 11.6. The highest BCUT2D eigenvalue weighted by molar-refractivity contribution is 6.46. The number of unbranched alkanes of at least 4 members (excludes halogenated alkanes) is 1. The van der Waals surface area contributed by atoms with Crippen LogP contribution in [0.3, 0.4) is 0 Å². The van der Waals surface area contributed by atoms with Gasteiger partial charge < -0.3 is 24.2 Å². The number of methoxy groups -OCH3 is 2. The fourth-order valence-electron chi connectivity index (χ4n) is 3.96. The molecule has 2 aromatic carbocycles. The monoisotopic (exact) mass is 467 g/mol. The Bertz CT molecular complexity index is 1070. The minimum atomic E-state index is -0.744. The number of carbonyl (C=O) groups is 2. The maximum atomic E-state index is 13.2. The Hall–Kier alpha value is -3.48. The lowest BCUT2D eigenvalue weighted by atomic mass is 9.94. The minimum absolute atomic E-state index is 0.0503. The molecule has 1 heterocycles. The first kappa shape index (κ1) is 25.1. The molecular weight excluding hydrogens is 434 g/mol. The highest BCUT2D eigenvalue weighted by Gasteiger charge is 2.46. The van der Waals surface area contributed by atoms with Crippen molar-refractivity contribution in [2.45, 2.75) is 39.7 Å². The zero-order valence-corrected chi connectivity index (χ0v) is 20.5. The molecule has 1 aliphatic rings. The summed E-state index contributed by atoms with van der Waals surface area (Å²) in [5, 5.41) is 11.3. The standard InChI is InChI=1S/C27H33NO6/c1-6-7-13-28-24(18-11-12-21(32-4)22(15-18)33-5)23(26(30)27(28)31)25(29)19-9-8-10-20(14-19)34-16-17(2)3/h8-12,14-15,17,24,29H,6-7,13,16H2,1-5H3/b25-23-. The summed E-state index contributed by atoms with van der Waals surface area (Å²) in [4.78, 5) is 27.7. The molecule has 0 saturated carbocycles. The largest absolute Gasteiger partial charge is 0.507 e. The molecule has 7 heteroatoms. The number of Topliss-reactive ketones (excluding diaryl/α,β-unsaturated/α-hetero) is 1. The lowest BCUT2D eigenvalue weighted by Gasteiger charge is -2.26. The van der Waals surface area contributed by atoms with Crippen molar-refractivity contribution in [3.05, 3.63) is 59.2 Å². The Balaban J connectivity index is 2.13. The molecule has 3 rings (SSSR count). The molecular formula is C27H33NO6. The van der Waals surface area contributed by atoms with Crippen molar-refractivity contribution >= 4 is 17.4 Å². The number of carbonyl (C=O) groups excluding carboxylic acids is 2. The normalized spacial score (nSPS) is 17.4. The van der Waals surface area contributed by atoms with Gasteiger partial charge in [0.15, 0.2) is 11.5 Å². The van der Waals surface area contributed by atoms with Crippen molar-refractivity contribution in [3.8, 4) is 17.2 Å². The summed E-state index contributed by atoms with van der Waals surface area (Å²) in [5.74, 6) is 0.375. The smallest absolute Gasteiger partial charge is 0.295 e. The molecule has 1 aliphatic heterocycles. The zero-order chi connectivity index (χ0) is 24.8. The van der Waals surface area contributed by atoms with Crippen molar-refractivity contribution in [2.24, 2.45) is 5.92 Å². The van der Waals surface area contributed by atoms with Crippen LogP contribution in [0.4, 0.5) is 0 Å². The molecule has 0 bridgehead atoms. The molecule has 182 valence electrons. The van der Waals surface area contributed by atoms with Crippen LogP contribution < -0.4 is 14.2 Å². The molecule has 0 aromatic heterocycles. The van der Waals surface area contributed by atoms with E-state index in [0.29, 0.717) is 47.4 Å². The summed E-state index contributed by atoms with van der Waals surface area (Å²) in [6.07, 6.45) is 1.59. The van der Waals surface area contributed by atoms with Crippen LogP contribution in [0.15, 0.2) is 48.0 Å². The summed E-state index contributed by atoms with van der Waals surface area (Å²) < 4.78 is 16.6. The molecule has 1 atom stereocenters. The second kappa shape index (κ2) is 11.1. The third kappa shape index (κ3) is 5.19. The number of nitrogens with zero attached hydrogens (tertiary/aromatic N) is 1. The quantitative estimate of drug-likeness (QED) is 0.302. The van der Waals surface area contributed by atoms with Gasteiger partial charge in [-0.05, 0) is 42.2 Å². The molecule has 1 saturated heterocycles. The first-order valence-corrected chi connectivity index (χ1v) is 11.6. The van der Waals surface area contributed by atoms with Crippen LogP contribution >= 0.6 is 0 Å². The van der Waals surface area contributed by atoms with Gasteiger partial charge in [-0.3, -0.25) is 9.59 Å². The van der Waals surface area contributed by atoms with Gasteiger partial charge in [-0.2, -0.15) is 0 Å². The van der Waals surface area contributed by atoms with E-state index in [2.05, 4.69) is 0 Å². The number of benzene rings is 2. The molecule has 1 N–H and O–H groups in total. The number of likely N-dealkylation sites (tertiary alicyclic amines) is 1. The average Bonchev–Trinajstić information content (AvgIpc) is 3.10. The lowest BCUT2D eigenvalue weighted by molar-refractivity contribution is -0.139. The van der Waals surface area contributed by atoms with E-state index in [1.54, 1.807) is 49.6 Å². The van der Waals surface area contributed by atoms with E-state index < -0.39 is 17.7 Å². The molecule has 0 radical (unpaired) electrons. The number of amides is 1. The Morgan fingerprint density at radius 3 is 2.44 bits per heavy atom. The summed E-state index contributed by atoms with van der Waals surface area (Å²) in [6, 6.07) is 11.4. The summed E-state index contributed by atoms with van der Waals surface area (Å²) in [5.41, 5.74) is 1.12. The fourth-order valence-corrected chi connectivity index (χ4v) is 3.96. The Labute approximate surface area is 200 Å². The third-order valence-corrected chi connectivity index (χ3v) is 5.71. The first-order chi connectivity index (χ1) is 16.3. The number of ether oxygens (including phenoxy) is 3. The molecule has 1 amide bonds. The van der Waals surface area contributed by atoms with Crippen molar-refractivity contribution in [2.75, 3.05) is 27.4 Å². The van der Waals surface area contributed by atoms with Crippen LogP contribution in [0.5, 0.6) is 17.2 Å². The zero-order valence-electron chi connectivity index (χ0n) is 20.5. The Morgan fingerprint density at radius 2 is 1.79 bits per heavy atom. The minimum Gasteiger partial charge on any atom is -0.507 e. The second-order valence-electron chi connectivity index (χ2n) is 8.69. The highest BCUT2D eigenvalue weighted by atomic mass is 16.5. The van der Waals surface area contributed by atoms with Crippen molar-refractivity contribution in [3.63, 3.8) is 0 Å². The van der Waals surface area contributed by atoms with E-state index in [9.17, 15) is 14.7 Å². The maximum absolute atomic E-state index is 13.2. The molecule has 0 aliphatic carbocycles. The van der Waals surface area contributed by atoms with Crippen molar-refractivity contribution in [1.82, 2.24) is 4.90 Å². The number of rotatable bonds is 10. The number of aliphatic hydroxyl groups is 1. The summed E-state index contributed by atoms with van der Waals surface area (Å²) in [6.45, 7) is 7.03. The van der Waals surface area contributed by atoms with Crippen LogP contribution in [0, 0.1) is 5.92 Å². The van der Waals surface area contributed by atoms with E-state index in [4.69, 9.17) is 14.2 Å². The van der Waals surface area contributed by atoms with Crippen LogP contribution in [-0.2, 0) is 9.59 Å². The van der Waals surface area contributed by atoms with Gasteiger partial charge in [-0.1, -0.05) is 45.4 Å². The second-order valence-corrected chi connectivity index (χ2v) is 8.69. The average molecular weight is 468 g/mol. The lowest BCUT2D eigenvalue weighted by Crippen LogP contribution is -2.30. The summed E-state index contributed by atoms with van der Waals surface area (Å²) >= 11 is 0. The maximum Gasteiger partial charge on any atom is 0.295 e. The van der Waals surface area contributed by atoms with Gasteiger partial charge in [0, 0.05) is 12.1 Å². The summed E-state index contributed by atoms with van der Waals surface area (Å²) in [7, 11) is 3.07. The van der Waals surface area contributed by atoms with Gasteiger partial charge in [0.2, 0.25) is 0 Å². The van der Waals surface area contributed by atoms with Crippen LogP contribution in [0.1, 0.15) is 50.8 Å². The molecule has 34 heavy (non-hydrogen) atoms. The Kier molecular flexibility index (Phi) is 8.21. The predicted octanol–water partition coefficient (Wildman–Crippen LogP) is 4.96. The molecule has 2 aromatic rings. The predicted molar refractivity (Wildman–Crippen MR) is 130 cm³/mol. The number of ketones is 1. The SMILES string of the molecule is CCCCN1C(=O)C(=O)/C(=C(\O)c2cccc(OCC(C)C)c2)C1c1ccc(OC)c(OC)c1. The number of hydrogen-bond acceptors (Lipinski definition) is 6. The fraction of sp³-hybridized carbons (Fsp3) is 0.407.